The minimum atomic E-state index is -0.197. The van der Waals surface area contributed by atoms with Gasteiger partial charge in [0.15, 0.2) is 0 Å². The van der Waals surface area contributed by atoms with Gasteiger partial charge in [-0.15, -0.1) is 0 Å². The van der Waals surface area contributed by atoms with Crippen LogP contribution in [0.25, 0.3) is 0 Å². The molecule has 0 aromatic heterocycles. The Morgan fingerprint density at radius 3 is 2.69 bits per heavy atom. The average Bonchev–Trinajstić information content (AvgIpc) is 2.30. The van der Waals surface area contributed by atoms with Gasteiger partial charge in [-0.2, -0.15) is 0 Å². The molecule has 0 bridgehead atoms. The number of piperidine rings is 1. The largest absolute Gasteiger partial charge is 0.369 e. The molecule has 3 heteroatoms. The Bertz CT molecular complexity index is 372. The molecule has 16 heavy (non-hydrogen) atoms. The van der Waals surface area contributed by atoms with Crippen molar-refractivity contribution in [2.75, 3.05) is 6.54 Å². The molecule has 2 rings (SSSR count). The third-order valence-electron chi connectivity index (χ3n) is 3.26. The highest BCUT2D eigenvalue weighted by Crippen LogP contribution is 2.29. The van der Waals surface area contributed by atoms with Crippen LogP contribution in [-0.2, 0) is 4.79 Å². The minimum absolute atomic E-state index is 0.0727. The van der Waals surface area contributed by atoms with Crippen LogP contribution in [-0.4, -0.2) is 12.5 Å². The number of nitrogens with one attached hydrogen (secondary N) is 1. The maximum Gasteiger partial charge on any atom is 0.222 e. The number of benzene rings is 1. The van der Waals surface area contributed by atoms with Gasteiger partial charge in [-0.3, -0.25) is 4.79 Å². The topological polar surface area (TPSA) is 55.1 Å². The van der Waals surface area contributed by atoms with E-state index in [9.17, 15) is 4.79 Å². The summed E-state index contributed by atoms with van der Waals surface area (Å²) < 4.78 is 0. The number of primary amides is 1. The molecule has 1 aromatic rings. The van der Waals surface area contributed by atoms with Crippen molar-refractivity contribution in [3.8, 4) is 0 Å². The van der Waals surface area contributed by atoms with E-state index < -0.39 is 0 Å². The maximum atomic E-state index is 11.4. The summed E-state index contributed by atoms with van der Waals surface area (Å²) in [6.45, 7) is 3.02. The lowest BCUT2D eigenvalue weighted by molar-refractivity contribution is -0.123. The van der Waals surface area contributed by atoms with Crippen molar-refractivity contribution in [1.82, 2.24) is 5.32 Å². The molecular weight excluding hydrogens is 200 g/mol. The summed E-state index contributed by atoms with van der Waals surface area (Å²) in [5.41, 5.74) is 7.84. The van der Waals surface area contributed by atoms with E-state index in [1.807, 2.05) is 0 Å². The summed E-state index contributed by atoms with van der Waals surface area (Å²) in [6.07, 6.45) is 1.91. The molecule has 3 nitrogen and oxygen atoms in total. The highest BCUT2D eigenvalue weighted by atomic mass is 16.1. The van der Waals surface area contributed by atoms with Gasteiger partial charge >= 0.3 is 0 Å². The highest BCUT2D eigenvalue weighted by Gasteiger charge is 2.29. The van der Waals surface area contributed by atoms with E-state index in [0.717, 1.165) is 24.9 Å². The summed E-state index contributed by atoms with van der Waals surface area (Å²) in [5, 5.41) is 3.39. The van der Waals surface area contributed by atoms with Gasteiger partial charge in [-0.05, 0) is 31.9 Å². The van der Waals surface area contributed by atoms with Gasteiger partial charge in [-0.1, -0.05) is 29.8 Å². The number of carbonyl (C=O) groups excluding carboxylic acids is 1. The first kappa shape index (κ1) is 11.1. The average molecular weight is 218 g/mol. The predicted molar refractivity (Wildman–Crippen MR) is 63.8 cm³/mol. The lowest BCUT2D eigenvalue weighted by atomic mass is 9.85. The lowest BCUT2D eigenvalue weighted by Gasteiger charge is -2.30. The Kier molecular flexibility index (Phi) is 3.25. The monoisotopic (exact) mass is 218 g/mol. The van der Waals surface area contributed by atoms with Crippen molar-refractivity contribution in [1.29, 1.82) is 0 Å². The van der Waals surface area contributed by atoms with Gasteiger partial charge in [0.25, 0.3) is 0 Å². The van der Waals surface area contributed by atoms with Crippen LogP contribution in [0.5, 0.6) is 0 Å². The quantitative estimate of drug-likeness (QED) is 0.790. The SMILES string of the molecule is Cc1ccc(C2NCCCC2C(N)=O)cc1. The van der Waals surface area contributed by atoms with Gasteiger partial charge in [0.1, 0.15) is 0 Å². The Labute approximate surface area is 96.0 Å². The zero-order valence-electron chi connectivity index (χ0n) is 9.57. The molecule has 0 aliphatic carbocycles. The second-order valence-electron chi connectivity index (χ2n) is 4.49. The number of aryl methyl sites for hydroxylation is 1. The molecular formula is C13H18N2O. The molecule has 2 atom stereocenters. The first-order valence-electron chi connectivity index (χ1n) is 5.78. The lowest BCUT2D eigenvalue weighted by Crippen LogP contribution is -2.40. The molecule has 1 saturated heterocycles. The summed E-state index contributed by atoms with van der Waals surface area (Å²) in [5.74, 6) is -0.269. The fourth-order valence-electron chi connectivity index (χ4n) is 2.32. The van der Waals surface area contributed by atoms with E-state index in [0.29, 0.717) is 0 Å². The number of rotatable bonds is 2. The van der Waals surface area contributed by atoms with Crippen molar-refractivity contribution >= 4 is 5.91 Å². The molecule has 1 fully saturated rings. The Balaban J connectivity index is 2.23. The first-order valence-corrected chi connectivity index (χ1v) is 5.78. The summed E-state index contributed by atoms with van der Waals surface area (Å²) in [7, 11) is 0. The van der Waals surface area contributed by atoms with E-state index in [1.165, 1.54) is 5.56 Å². The van der Waals surface area contributed by atoms with Crippen LogP contribution < -0.4 is 11.1 Å². The molecule has 0 spiro atoms. The number of amides is 1. The van der Waals surface area contributed by atoms with Crippen molar-refractivity contribution in [3.05, 3.63) is 35.4 Å². The third-order valence-corrected chi connectivity index (χ3v) is 3.26. The molecule has 3 N–H and O–H groups in total. The van der Waals surface area contributed by atoms with Gasteiger partial charge in [0.05, 0.1) is 5.92 Å². The Morgan fingerprint density at radius 2 is 2.06 bits per heavy atom. The van der Waals surface area contributed by atoms with Crippen LogP contribution in [0.15, 0.2) is 24.3 Å². The second-order valence-corrected chi connectivity index (χ2v) is 4.49. The first-order chi connectivity index (χ1) is 7.68. The Hall–Kier alpha value is -1.35. The fraction of sp³-hybridized carbons (Fsp3) is 0.462. The number of carbonyl (C=O) groups is 1. The van der Waals surface area contributed by atoms with Crippen LogP contribution in [0.3, 0.4) is 0 Å². The van der Waals surface area contributed by atoms with Crippen molar-refractivity contribution in [3.63, 3.8) is 0 Å². The highest BCUT2D eigenvalue weighted by molar-refractivity contribution is 5.77. The molecule has 1 aliphatic rings. The van der Waals surface area contributed by atoms with E-state index in [1.54, 1.807) is 0 Å². The van der Waals surface area contributed by atoms with Gasteiger partial charge in [0, 0.05) is 6.04 Å². The summed E-state index contributed by atoms with van der Waals surface area (Å²) >= 11 is 0. The molecule has 1 heterocycles. The van der Waals surface area contributed by atoms with E-state index >= 15 is 0 Å². The van der Waals surface area contributed by atoms with E-state index in [-0.39, 0.29) is 17.9 Å². The molecule has 1 aromatic carbocycles. The standard InChI is InChI=1S/C13H18N2O/c1-9-4-6-10(7-5-9)12-11(13(14)16)3-2-8-15-12/h4-7,11-12,15H,2-3,8H2,1H3,(H2,14,16). The molecule has 1 aliphatic heterocycles. The predicted octanol–water partition coefficient (Wildman–Crippen LogP) is 1.52. The van der Waals surface area contributed by atoms with Crippen LogP contribution in [0.2, 0.25) is 0 Å². The van der Waals surface area contributed by atoms with Crippen LogP contribution in [0.4, 0.5) is 0 Å². The molecule has 86 valence electrons. The maximum absolute atomic E-state index is 11.4. The summed E-state index contributed by atoms with van der Waals surface area (Å²) in [4.78, 5) is 11.4. The number of hydrogen-bond donors (Lipinski definition) is 2. The van der Waals surface area contributed by atoms with Gasteiger partial charge < -0.3 is 11.1 Å². The van der Waals surface area contributed by atoms with Crippen molar-refractivity contribution < 1.29 is 4.79 Å². The van der Waals surface area contributed by atoms with E-state index in [4.69, 9.17) is 5.73 Å². The molecule has 1 amide bonds. The smallest absolute Gasteiger partial charge is 0.222 e. The van der Waals surface area contributed by atoms with Crippen molar-refractivity contribution in [2.24, 2.45) is 11.7 Å². The second kappa shape index (κ2) is 4.66. The zero-order chi connectivity index (χ0) is 11.5. The van der Waals surface area contributed by atoms with E-state index in [2.05, 4.69) is 36.5 Å². The molecule has 0 radical (unpaired) electrons. The minimum Gasteiger partial charge on any atom is -0.369 e. The Morgan fingerprint density at radius 1 is 1.38 bits per heavy atom. The third kappa shape index (κ3) is 2.25. The van der Waals surface area contributed by atoms with Crippen LogP contribution in [0.1, 0.15) is 30.0 Å². The molecule has 0 saturated carbocycles. The summed E-state index contributed by atoms with van der Waals surface area (Å²) in [6, 6.07) is 8.39. The normalized spacial score (nSPS) is 25.3. The van der Waals surface area contributed by atoms with Gasteiger partial charge in [0.2, 0.25) is 5.91 Å². The van der Waals surface area contributed by atoms with Crippen molar-refractivity contribution in [2.45, 2.75) is 25.8 Å². The van der Waals surface area contributed by atoms with Gasteiger partial charge in [-0.25, -0.2) is 0 Å². The van der Waals surface area contributed by atoms with Crippen LogP contribution >= 0.6 is 0 Å². The molecule has 2 unspecified atom stereocenters. The van der Waals surface area contributed by atoms with Crippen LogP contribution in [0, 0.1) is 12.8 Å². The number of nitrogens with two attached hydrogens (primary N) is 1. The fourth-order valence-corrected chi connectivity index (χ4v) is 2.32. The number of hydrogen-bond acceptors (Lipinski definition) is 2. The zero-order valence-corrected chi connectivity index (χ0v) is 9.57.